The van der Waals surface area contributed by atoms with Crippen LogP contribution >= 0.6 is 0 Å². The first kappa shape index (κ1) is 7.84. The highest BCUT2D eigenvalue weighted by atomic mass is 14.3. The van der Waals surface area contributed by atoms with Crippen molar-refractivity contribution in [1.29, 1.82) is 0 Å². The van der Waals surface area contributed by atoms with Crippen LogP contribution in [0.4, 0.5) is 0 Å². The highest BCUT2D eigenvalue weighted by molar-refractivity contribution is 5.13. The lowest BCUT2D eigenvalue weighted by Crippen LogP contribution is -2.25. The minimum absolute atomic E-state index is 0.307. The SMILES string of the molecule is CC1(C)[CH]C(C)(C)CC=C1. The van der Waals surface area contributed by atoms with Crippen LogP contribution in [0.25, 0.3) is 0 Å². The predicted octanol–water partition coefficient (Wildman–Crippen LogP) is 3.20. The fourth-order valence-corrected chi connectivity index (χ4v) is 1.78. The first-order valence-corrected chi connectivity index (χ1v) is 3.96. The predicted molar refractivity (Wildman–Crippen MR) is 45.6 cm³/mol. The third kappa shape index (κ3) is 1.86. The third-order valence-corrected chi connectivity index (χ3v) is 1.95. The van der Waals surface area contributed by atoms with Gasteiger partial charge in [0.1, 0.15) is 0 Å². The van der Waals surface area contributed by atoms with Crippen molar-refractivity contribution in [2.45, 2.75) is 34.1 Å². The summed E-state index contributed by atoms with van der Waals surface area (Å²) in [5.74, 6) is 0. The van der Waals surface area contributed by atoms with Crippen molar-refractivity contribution < 1.29 is 0 Å². The van der Waals surface area contributed by atoms with E-state index in [9.17, 15) is 0 Å². The van der Waals surface area contributed by atoms with Crippen LogP contribution in [0, 0.1) is 17.3 Å². The average Bonchev–Trinajstić information content (AvgIpc) is 1.56. The van der Waals surface area contributed by atoms with Gasteiger partial charge in [0.05, 0.1) is 0 Å². The molecule has 10 heavy (non-hydrogen) atoms. The minimum Gasteiger partial charge on any atom is -0.0874 e. The van der Waals surface area contributed by atoms with Crippen LogP contribution in [-0.4, -0.2) is 0 Å². The highest BCUT2D eigenvalue weighted by Gasteiger charge is 2.29. The molecule has 1 aliphatic rings. The molecule has 0 nitrogen and oxygen atoms in total. The Morgan fingerprint density at radius 3 is 2.00 bits per heavy atom. The Kier molecular flexibility index (Phi) is 1.66. The maximum Gasteiger partial charge on any atom is -0.0138 e. The minimum atomic E-state index is 0.307. The van der Waals surface area contributed by atoms with E-state index in [2.05, 4.69) is 46.3 Å². The molecular formula is C10H17. The van der Waals surface area contributed by atoms with E-state index in [1.54, 1.807) is 0 Å². The van der Waals surface area contributed by atoms with Crippen LogP contribution in [0.15, 0.2) is 12.2 Å². The number of hydrogen-bond acceptors (Lipinski definition) is 0. The van der Waals surface area contributed by atoms with E-state index in [-0.39, 0.29) is 0 Å². The molecule has 0 fully saturated rings. The Hall–Kier alpha value is -0.260. The van der Waals surface area contributed by atoms with Crippen LogP contribution in [0.5, 0.6) is 0 Å². The molecule has 0 amide bonds. The topological polar surface area (TPSA) is 0 Å². The molecule has 1 radical (unpaired) electrons. The van der Waals surface area contributed by atoms with Gasteiger partial charge in [-0.1, -0.05) is 39.8 Å². The average molecular weight is 137 g/mol. The summed E-state index contributed by atoms with van der Waals surface area (Å²) in [5, 5.41) is 0. The van der Waals surface area contributed by atoms with Gasteiger partial charge in [0.2, 0.25) is 0 Å². The van der Waals surface area contributed by atoms with E-state index in [0.717, 1.165) is 0 Å². The molecule has 1 aliphatic carbocycles. The highest BCUT2D eigenvalue weighted by Crippen LogP contribution is 2.40. The maximum absolute atomic E-state index is 2.43. The van der Waals surface area contributed by atoms with Crippen molar-refractivity contribution in [2.75, 3.05) is 0 Å². The summed E-state index contributed by atoms with van der Waals surface area (Å²) in [4.78, 5) is 0. The van der Waals surface area contributed by atoms with Crippen molar-refractivity contribution in [3.8, 4) is 0 Å². The first-order valence-electron chi connectivity index (χ1n) is 3.96. The van der Waals surface area contributed by atoms with Gasteiger partial charge in [-0.2, -0.15) is 0 Å². The van der Waals surface area contributed by atoms with Gasteiger partial charge in [0.25, 0.3) is 0 Å². The van der Waals surface area contributed by atoms with Crippen molar-refractivity contribution >= 4 is 0 Å². The second-order valence-corrected chi connectivity index (χ2v) is 4.56. The molecule has 0 aromatic heterocycles. The van der Waals surface area contributed by atoms with E-state index in [1.807, 2.05) is 0 Å². The second kappa shape index (κ2) is 2.11. The summed E-state index contributed by atoms with van der Waals surface area (Å²) in [6, 6.07) is 0. The van der Waals surface area contributed by atoms with Crippen molar-refractivity contribution in [3.63, 3.8) is 0 Å². The summed E-state index contributed by atoms with van der Waals surface area (Å²) in [7, 11) is 0. The van der Waals surface area contributed by atoms with E-state index >= 15 is 0 Å². The fourth-order valence-electron chi connectivity index (χ4n) is 1.78. The molecule has 0 aromatic carbocycles. The van der Waals surface area contributed by atoms with Crippen molar-refractivity contribution in [1.82, 2.24) is 0 Å². The molecule has 0 heteroatoms. The Balaban J connectivity index is 2.73. The zero-order valence-electron chi connectivity index (χ0n) is 7.44. The lowest BCUT2D eigenvalue weighted by atomic mass is 9.69. The van der Waals surface area contributed by atoms with Crippen LogP contribution < -0.4 is 0 Å². The van der Waals surface area contributed by atoms with Gasteiger partial charge in [-0.15, -0.1) is 0 Å². The van der Waals surface area contributed by atoms with Crippen LogP contribution in [0.3, 0.4) is 0 Å². The summed E-state index contributed by atoms with van der Waals surface area (Å²) in [6.07, 6.45) is 8.20. The molecule has 0 atom stereocenters. The normalized spacial score (nSPS) is 28.4. The van der Waals surface area contributed by atoms with Crippen LogP contribution in [0.2, 0.25) is 0 Å². The number of hydrogen-bond donors (Lipinski definition) is 0. The van der Waals surface area contributed by atoms with Gasteiger partial charge >= 0.3 is 0 Å². The molecule has 0 spiro atoms. The summed E-state index contributed by atoms with van der Waals surface area (Å²) in [5.41, 5.74) is 0.708. The maximum atomic E-state index is 2.43. The van der Waals surface area contributed by atoms with Gasteiger partial charge < -0.3 is 0 Å². The molecule has 1 rings (SSSR count). The molecule has 0 aliphatic heterocycles. The quantitative estimate of drug-likeness (QED) is 0.450. The molecule has 0 saturated carbocycles. The third-order valence-electron chi connectivity index (χ3n) is 1.95. The van der Waals surface area contributed by atoms with Gasteiger partial charge in [-0.05, 0) is 23.7 Å². The van der Waals surface area contributed by atoms with E-state index in [4.69, 9.17) is 0 Å². The number of allylic oxidation sites excluding steroid dienone is 2. The van der Waals surface area contributed by atoms with Crippen molar-refractivity contribution in [2.24, 2.45) is 10.8 Å². The van der Waals surface area contributed by atoms with Crippen LogP contribution in [0.1, 0.15) is 34.1 Å². The first-order chi connectivity index (χ1) is 4.41. The molecule has 0 saturated heterocycles. The molecule has 0 bridgehead atoms. The van der Waals surface area contributed by atoms with Gasteiger partial charge in [0, 0.05) is 0 Å². The molecule has 0 heterocycles. The molecule has 0 unspecified atom stereocenters. The lowest BCUT2D eigenvalue weighted by molar-refractivity contribution is 0.334. The van der Waals surface area contributed by atoms with Gasteiger partial charge in [0.15, 0.2) is 0 Å². The molecule has 0 aromatic rings. The smallest absolute Gasteiger partial charge is 0.0138 e. The van der Waals surface area contributed by atoms with Crippen LogP contribution in [-0.2, 0) is 0 Å². The standard InChI is InChI=1S/C10H17/c1-9(2)6-5-7-10(3,4)8-9/h5-6,8H,7H2,1-4H3. The molecular weight excluding hydrogens is 120 g/mol. The zero-order valence-corrected chi connectivity index (χ0v) is 7.44. The van der Waals surface area contributed by atoms with E-state index in [1.165, 1.54) is 6.42 Å². The Bertz CT molecular complexity index is 149. The van der Waals surface area contributed by atoms with E-state index < -0.39 is 0 Å². The Morgan fingerprint density at radius 2 is 1.70 bits per heavy atom. The lowest BCUT2D eigenvalue weighted by Gasteiger charge is -2.35. The summed E-state index contributed by atoms with van der Waals surface area (Å²) >= 11 is 0. The van der Waals surface area contributed by atoms with Gasteiger partial charge in [-0.25, -0.2) is 0 Å². The van der Waals surface area contributed by atoms with E-state index in [0.29, 0.717) is 10.8 Å². The Labute approximate surface area is 64.3 Å². The summed E-state index contributed by atoms with van der Waals surface area (Å²) < 4.78 is 0. The zero-order chi connectivity index (χ0) is 7.83. The van der Waals surface area contributed by atoms with Crippen molar-refractivity contribution in [3.05, 3.63) is 18.6 Å². The Morgan fingerprint density at radius 1 is 1.10 bits per heavy atom. The summed E-state index contributed by atoms with van der Waals surface area (Å²) in [6.45, 7) is 9.09. The fraction of sp³-hybridized carbons (Fsp3) is 0.700. The number of rotatable bonds is 0. The largest absolute Gasteiger partial charge is 0.0874 e. The molecule has 0 N–H and O–H groups in total. The van der Waals surface area contributed by atoms with Gasteiger partial charge in [-0.3, -0.25) is 0 Å². The molecule has 57 valence electrons. The monoisotopic (exact) mass is 137 g/mol. The second-order valence-electron chi connectivity index (χ2n) is 4.56.